The van der Waals surface area contributed by atoms with E-state index < -0.39 is 0 Å². The van der Waals surface area contributed by atoms with Gasteiger partial charge in [0.25, 0.3) is 0 Å². The molecule has 1 N–H and O–H groups in total. The Hall–Kier alpha value is -3.04. The van der Waals surface area contributed by atoms with Gasteiger partial charge in [0.15, 0.2) is 5.16 Å². The zero-order valence-electron chi connectivity index (χ0n) is 14.3. The third-order valence-electron chi connectivity index (χ3n) is 3.73. The molecule has 0 aliphatic carbocycles. The minimum absolute atomic E-state index is 0.115. The number of aromatic nitrogens is 3. The number of carbonyl (C=O) groups excluding carboxylic acids is 1. The SMILES string of the molecule is C#Cc1cccc(NC(=O)CSc2nnc(C)n2Cc2ccccc2)c1. The van der Waals surface area contributed by atoms with E-state index in [4.69, 9.17) is 6.42 Å². The molecule has 6 heteroatoms. The van der Waals surface area contributed by atoms with Crippen molar-refractivity contribution in [3.05, 3.63) is 71.5 Å². The summed E-state index contributed by atoms with van der Waals surface area (Å²) in [6.07, 6.45) is 5.38. The number of aryl methyl sites for hydroxylation is 1. The van der Waals surface area contributed by atoms with Gasteiger partial charge in [0.05, 0.1) is 12.3 Å². The number of rotatable bonds is 6. The fourth-order valence-electron chi connectivity index (χ4n) is 2.43. The van der Waals surface area contributed by atoms with Gasteiger partial charge in [-0.2, -0.15) is 0 Å². The summed E-state index contributed by atoms with van der Waals surface area (Å²) in [5, 5.41) is 11.9. The molecule has 0 fully saturated rings. The number of nitrogens with one attached hydrogen (secondary N) is 1. The lowest BCUT2D eigenvalue weighted by atomic mass is 10.2. The molecule has 1 amide bonds. The number of thioether (sulfide) groups is 1. The number of amides is 1. The number of benzene rings is 2. The van der Waals surface area contributed by atoms with Crippen LogP contribution in [0.2, 0.25) is 0 Å². The average Bonchev–Trinajstić information content (AvgIpc) is 3.01. The first-order chi connectivity index (χ1) is 12.7. The lowest BCUT2D eigenvalue weighted by Crippen LogP contribution is -2.15. The highest BCUT2D eigenvalue weighted by atomic mass is 32.2. The largest absolute Gasteiger partial charge is 0.325 e. The molecule has 0 unspecified atom stereocenters. The molecule has 0 saturated carbocycles. The number of nitrogens with zero attached hydrogens (tertiary/aromatic N) is 3. The smallest absolute Gasteiger partial charge is 0.234 e. The number of anilines is 1. The maximum absolute atomic E-state index is 12.2. The van der Waals surface area contributed by atoms with Crippen LogP contribution < -0.4 is 5.32 Å². The third kappa shape index (κ3) is 4.52. The fraction of sp³-hybridized carbons (Fsp3) is 0.150. The van der Waals surface area contributed by atoms with Gasteiger partial charge in [-0.15, -0.1) is 16.6 Å². The van der Waals surface area contributed by atoms with Crippen LogP contribution in [0.5, 0.6) is 0 Å². The molecule has 3 aromatic rings. The summed E-state index contributed by atoms with van der Waals surface area (Å²) in [5.41, 5.74) is 2.58. The van der Waals surface area contributed by atoms with Crippen LogP contribution in [0.25, 0.3) is 0 Å². The molecule has 130 valence electrons. The Balaban J connectivity index is 1.63. The number of hydrogen-bond acceptors (Lipinski definition) is 4. The van der Waals surface area contributed by atoms with E-state index in [-0.39, 0.29) is 11.7 Å². The van der Waals surface area contributed by atoms with Crippen LogP contribution in [0.4, 0.5) is 5.69 Å². The number of carbonyl (C=O) groups is 1. The molecule has 0 spiro atoms. The molecule has 0 radical (unpaired) electrons. The summed E-state index contributed by atoms with van der Waals surface area (Å²) in [5.74, 6) is 3.50. The monoisotopic (exact) mass is 362 g/mol. The summed E-state index contributed by atoms with van der Waals surface area (Å²) in [6.45, 7) is 2.58. The van der Waals surface area contributed by atoms with Gasteiger partial charge in [-0.05, 0) is 30.7 Å². The van der Waals surface area contributed by atoms with Gasteiger partial charge in [-0.3, -0.25) is 4.79 Å². The van der Waals surface area contributed by atoms with Crippen LogP contribution >= 0.6 is 11.8 Å². The van der Waals surface area contributed by atoms with E-state index >= 15 is 0 Å². The minimum Gasteiger partial charge on any atom is -0.325 e. The summed E-state index contributed by atoms with van der Waals surface area (Å²) >= 11 is 1.36. The Labute approximate surface area is 156 Å². The number of hydrogen-bond donors (Lipinski definition) is 1. The molecule has 26 heavy (non-hydrogen) atoms. The maximum atomic E-state index is 12.2. The van der Waals surface area contributed by atoms with Gasteiger partial charge in [0.1, 0.15) is 5.82 Å². The molecular formula is C20H18N4OS. The van der Waals surface area contributed by atoms with E-state index in [1.54, 1.807) is 6.07 Å². The lowest BCUT2D eigenvalue weighted by Gasteiger charge is -2.09. The summed E-state index contributed by atoms with van der Waals surface area (Å²) in [7, 11) is 0. The first-order valence-corrected chi connectivity index (χ1v) is 9.07. The van der Waals surface area contributed by atoms with Gasteiger partial charge < -0.3 is 9.88 Å². The second kappa shape index (κ2) is 8.37. The average molecular weight is 362 g/mol. The summed E-state index contributed by atoms with van der Waals surface area (Å²) < 4.78 is 2.01. The second-order valence-electron chi connectivity index (χ2n) is 5.66. The van der Waals surface area contributed by atoms with Crippen molar-refractivity contribution in [1.82, 2.24) is 14.8 Å². The van der Waals surface area contributed by atoms with Crippen molar-refractivity contribution in [2.24, 2.45) is 0 Å². The van der Waals surface area contributed by atoms with Crippen molar-refractivity contribution < 1.29 is 4.79 Å². The van der Waals surface area contributed by atoms with Crippen LogP contribution in [0.15, 0.2) is 59.8 Å². The first-order valence-electron chi connectivity index (χ1n) is 8.09. The Morgan fingerprint density at radius 1 is 1.19 bits per heavy atom. The molecule has 3 rings (SSSR count). The van der Waals surface area contributed by atoms with E-state index in [2.05, 4.69) is 33.6 Å². The third-order valence-corrected chi connectivity index (χ3v) is 4.70. The normalized spacial score (nSPS) is 10.3. The van der Waals surface area contributed by atoms with E-state index in [1.165, 1.54) is 11.8 Å². The van der Waals surface area contributed by atoms with Crippen LogP contribution in [-0.4, -0.2) is 26.4 Å². The standard InChI is InChI=1S/C20H18N4OS/c1-3-16-10-7-11-18(12-16)21-19(25)14-26-20-23-22-15(2)24(20)13-17-8-5-4-6-9-17/h1,4-12H,13-14H2,2H3,(H,21,25). The van der Waals surface area contributed by atoms with Crippen LogP contribution in [0, 0.1) is 19.3 Å². The molecule has 0 aliphatic heterocycles. The number of terminal acetylenes is 1. The van der Waals surface area contributed by atoms with Gasteiger partial charge in [0, 0.05) is 11.3 Å². The zero-order valence-corrected chi connectivity index (χ0v) is 15.2. The topological polar surface area (TPSA) is 59.8 Å². The molecule has 0 bridgehead atoms. The molecular weight excluding hydrogens is 344 g/mol. The second-order valence-corrected chi connectivity index (χ2v) is 6.61. The molecule has 2 aromatic carbocycles. The Morgan fingerprint density at radius 3 is 2.77 bits per heavy atom. The highest BCUT2D eigenvalue weighted by Gasteiger charge is 2.12. The zero-order chi connectivity index (χ0) is 18.4. The quantitative estimate of drug-likeness (QED) is 0.540. The molecule has 0 aliphatic rings. The first kappa shape index (κ1) is 17.8. The van der Waals surface area contributed by atoms with Crippen LogP contribution in [0.3, 0.4) is 0 Å². The molecule has 5 nitrogen and oxygen atoms in total. The van der Waals surface area contributed by atoms with Gasteiger partial charge in [-0.1, -0.05) is 54.1 Å². The molecule has 1 heterocycles. The minimum atomic E-state index is -0.115. The predicted octanol–water partition coefficient (Wildman–Crippen LogP) is 3.35. The molecule has 1 aromatic heterocycles. The Kier molecular flexibility index (Phi) is 5.72. The van der Waals surface area contributed by atoms with Crippen molar-refractivity contribution in [3.63, 3.8) is 0 Å². The van der Waals surface area contributed by atoms with E-state index in [0.29, 0.717) is 12.2 Å². The van der Waals surface area contributed by atoms with Gasteiger partial charge in [-0.25, -0.2) is 0 Å². The van der Waals surface area contributed by atoms with E-state index in [9.17, 15) is 4.79 Å². The highest BCUT2D eigenvalue weighted by Crippen LogP contribution is 2.19. The Bertz CT molecular complexity index is 944. The van der Waals surface area contributed by atoms with Crippen molar-refractivity contribution in [1.29, 1.82) is 0 Å². The highest BCUT2D eigenvalue weighted by molar-refractivity contribution is 7.99. The van der Waals surface area contributed by atoms with Crippen molar-refractivity contribution in [3.8, 4) is 12.3 Å². The summed E-state index contributed by atoms with van der Waals surface area (Å²) in [6, 6.07) is 17.3. The van der Waals surface area contributed by atoms with Crippen molar-refractivity contribution in [2.45, 2.75) is 18.6 Å². The van der Waals surface area contributed by atoms with Gasteiger partial charge in [0.2, 0.25) is 5.91 Å². The van der Waals surface area contributed by atoms with E-state index in [0.717, 1.165) is 22.1 Å². The molecule has 0 atom stereocenters. The predicted molar refractivity (Wildman–Crippen MR) is 104 cm³/mol. The lowest BCUT2D eigenvalue weighted by molar-refractivity contribution is -0.113. The van der Waals surface area contributed by atoms with Crippen LogP contribution in [-0.2, 0) is 11.3 Å². The fourth-order valence-corrected chi connectivity index (χ4v) is 3.21. The Morgan fingerprint density at radius 2 is 2.00 bits per heavy atom. The summed E-state index contributed by atoms with van der Waals surface area (Å²) in [4.78, 5) is 12.2. The van der Waals surface area contributed by atoms with Crippen molar-refractivity contribution in [2.75, 3.05) is 11.1 Å². The maximum Gasteiger partial charge on any atom is 0.234 e. The van der Waals surface area contributed by atoms with Crippen molar-refractivity contribution >= 4 is 23.4 Å². The molecule has 0 saturated heterocycles. The van der Waals surface area contributed by atoms with Crippen LogP contribution in [0.1, 0.15) is 17.0 Å². The van der Waals surface area contributed by atoms with Gasteiger partial charge >= 0.3 is 0 Å². The van der Waals surface area contributed by atoms with E-state index in [1.807, 2.05) is 47.9 Å².